The highest BCUT2D eigenvalue weighted by molar-refractivity contribution is 6.03. The number of carbonyl (C=O) groups is 2. The number of aliphatic imine (C=N–C) groups is 1. The molecule has 7 rings (SSSR count). The van der Waals surface area contributed by atoms with E-state index in [1.165, 1.54) is 5.56 Å². The lowest BCUT2D eigenvalue weighted by atomic mass is 9.91. The Morgan fingerprint density at radius 2 is 1.24 bits per heavy atom. The van der Waals surface area contributed by atoms with Gasteiger partial charge in [-0.2, -0.15) is 0 Å². The van der Waals surface area contributed by atoms with Gasteiger partial charge in [-0.05, 0) is 113 Å². The highest BCUT2D eigenvalue weighted by Gasteiger charge is 2.40. The van der Waals surface area contributed by atoms with Crippen LogP contribution in [0.2, 0.25) is 0 Å². The molecule has 3 aliphatic rings. The molecule has 50 heavy (non-hydrogen) atoms. The van der Waals surface area contributed by atoms with E-state index in [-0.39, 0.29) is 30.2 Å². The minimum atomic E-state index is -0.542. The van der Waals surface area contributed by atoms with Crippen molar-refractivity contribution in [3.63, 3.8) is 0 Å². The summed E-state index contributed by atoms with van der Waals surface area (Å²) in [6.07, 6.45) is 3.11. The van der Waals surface area contributed by atoms with Crippen LogP contribution in [0.1, 0.15) is 97.5 Å². The lowest BCUT2D eigenvalue weighted by Crippen LogP contribution is -2.44. The molecule has 2 saturated heterocycles. The van der Waals surface area contributed by atoms with Gasteiger partial charge in [0.2, 0.25) is 0 Å². The van der Waals surface area contributed by atoms with Gasteiger partial charge in [0, 0.05) is 31.8 Å². The van der Waals surface area contributed by atoms with Crippen molar-refractivity contribution in [3.05, 3.63) is 72.1 Å². The molecule has 2 amide bonds. The third kappa shape index (κ3) is 6.50. The molecule has 9 nitrogen and oxygen atoms in total. The molecule has 4 heterocycles. The Morgan fingerprint density at radius 1 is 0.720 bits per heavy atom. The number of amides is 2. The van der Waals surface area contributed by atoms with Gasteiger partial charge in [-0.1, -0.05) is 49.4 Å². The summed E-state index contributed by atoms with van der Waals surface area (Å²) in [5.74, 6) is 1.03. The number of hydrogen-bond donors (Lipinski definition) is 0. The standard InChI is InChI=1S/C41H49N5O4/c1-25-30-19-17-28(23-31(30)42-36(25)34-11-9-21-45(34)38(47)49-40(2,3)4)26-13-15-27(16-14-26)29-18-20-33-32(24-29)43-37(44(33)8)35-12-10-22-46(35)39(48)50-41(5,6)7/h13-20,23-25,34-35H,9-12,21-22H2,1-8H3/t25?,34-,35-/m0/s1. The molecular formula is C41H49N5O4. The van der Waals surface area contributed by atoms with E-state index in [1.54, 1.807) is 0 Å². The van der Waals surface area contributed by atoms with Crippen LogP contribution in [0.25, 0.3) is 33.3 Å². The molecule has 2 fully saturated rings. The maximum atomic E-state index is 13.0. The molecule has 0 bridgehead atoms. The lowest BCUT2D eigenvalue weighted by molar-refractivity contribution is 0.0214. The number of rotatable bonds is 4. The first-order valence-electron chi connectivity index (χ1n) is 18.0. The SMILES string of the molecule is CC1C([C@@H]2CCCN2C(=O)OC(C)(C)C)=Nc2cc(-c3ccc(-c4ccc5c(c4)nc([C@@H]4CCCN4C(=O)OC(C)(C)C)n5C)cc3)ccc21. The van der Waals surface area contributed by atoms with Gasteiger partial charge < -0.3 is 14.0 Å². The second-order valence-corrected chi connectivity index (χ2v) is 16.0. The number of likely N-dealkylation sites (tertiary alicyclic amines) is 2. The molecule has 0 radical (unpaired) electrons. The van der Waals surface area contributed by atoms with Crippen molar-refractivity contribution >= 4 is 34.6 Å². The van der Waals surface area contributed by atoms with Crippen molar-refractivity contribution < 1.29 is 19.1 Å². The summed E-state index contributed by atoms with van der Waals surface area (Å²) in [4.78, 5) is 39.9. The van der Waals surface area contributed by atoms with Crippen LogP contribution >= 0.6 is 0 Å². The van der Waals surface area contributed by atoms with Crippen LogP contribution in [-0.2, 0) is 16.5 Å². The van der Waals surface area contributed by atoms with E-state index in [0.717, 1.165) is 76.2 Å². The Morgan fingerprint density at radius 3 is 1.84 bits per heavy atom. The normalized spacial score (nSPS) is 20.7. The largest absolute Gasteiger partial charge is 0.444 e. The first-order chi connectivity index (χ1) is 23.7. The molecule has 0 N–H and O–H groups in total. The Kier molecular flexibility index (Phi) is 8.51. The molecular weight excluding hydrogens is 626 g/mol. The second-order valence-electron chi connectivity index (χ2n) is 16.0. The highest BCUT2D eigenvalue weighted by atomic mass is 16.6. The van der Waals surface area contributed by atoms with Gasteiger partial charge in [0.15, 0.2) is 0 Å². The van der Waals surface area contributed by atoms with E-state index in [1.807, 2.05) is 58.4 Å². The summed E-state index contributed by atoms with van der Waals surface area (Å²) in [5, 5.41) is 0. The monoisotopic (exact) mass is 675 g/mol. The summed E-state index contributed by atoms with van der Waals surface area (Å²) >= 11 is 0. The van der Waals surface area contributed by atoms with Crippen LogP contribution in [0.3, 0.4) is 0 Å². The minimum Gasteiger partial charge on any atom is -0.444 e. The van der Waals surface area contributed by atoms with Crippen molar-refractivity contribution in [2.45, 2.75) is 103 Å². The molecule has 4 aromatic rings. The third-order valence-corrected chi connectivity index (χ3v) is 10.1. The number of fused-ring (bicyclic) bond motifs is 2. The Hall–Kier alpha value is -4.66. The summed E-state index contributed by atoms with van der Waals surface area (Å²) in [7, 11) is 2.03. The van der Waals surface area contributed by atoms with Crippen molar-refractivity contribution in [2.75, 3.05) is 13.1 Å². The van der Waals surface area contributed by atoms with Crippen LogP contribution in [0.5, 0.6) is 0 Å². The van der Waals surface area contributed by atoms with Crippen LogP contribution < -0.4 is 0 Å². The summed E-state index contributed by atoms with van der Waals surface area (Å²) in [5.41, 5.74) is 8.54. The topological polar surface area (TPSA) is 89.3 Å². The molecule has 3 aromatic carbocycles. The molecule has 1 unspecified atom stereocenters. The highest BCUT2D eigenvalue weighted by Crippen LogP contribution is 2.42. The Balaban J connectivity index is 1.10. The van der Waals surface area contributed by atoms with Gasteiger partial charge in [-0.3, -0.25) is 14.8 Å². The summed E-state index contributed by atoms with van der Waals surface area (Å²) in [6, 6.07) is 21.4. The molecule has 1 aromatic heterocycles. The maximum Gasteiger partial charge on any atom is 0.410 e. The molecule has 3 aliphatic heterocycles. The van der Waals surface area contributed by atoms with Crippen molar-refractivity contribution in [1.82, 2.24) is 19.4 Å². The molecule has 0 spiro atoms. The van der Waals surface area contributed by atoms with Crippen LogP contribution in [-0.4, -0.2) is 67.6 Å². The van der Waals surface area contributed by atoms with E-state index < -0.39 is 11.2 Å². The molecule has 262 valence electrons. The summed E-state index contributed by atoms with van der Waals surface area (Å²) < 4.78 is 13.5. The zero-order valence-electron chi connectivity index (χ0n) is 30.6. The van der Waals surface area contributed by atoms with Gasteiger partial charge in [-0.25, -0.2) is 14.6 Å². The lowest BCUT2D eigenvalue weighted by Gasteiger charge is -2.29. The maximum absolute atomic E-state index is 13.0. The first kappa shape index (κ1) is 33.8. The first-order valence-corrected chi connectivity index (χ1v) is 18.0. The van der Waals surface area contributed by atoms with Crippen LogP contribution in [0.15, 0.2) is 65.7 Å². The van der Waals surface area contributed by atoms with E-state index >= 15 is 0 Å². The van der Waals surface area contributed by atoms with Gasteiger partial charge in [-0.15, -0.1) is 0 Å². The van der Waals surface area contributed by atoms with Gasteiger partial charge >= 0.3 is 12.2 Å². The zero-order valence-corrected chi connectivity index (χ0v) is 30.6. The van der Waals surface area contributed by atoms with Crippen LogP contribution in [0, 0.1) is 0 Å². The number of carbonyl (C=O) groups excluding carboxylic acids is 2. The average molecular weight is 676 g/mol. The number of aromatic nitrogens is 2. The van der Waals surface area contributed by atoms with Crippen molar-refractivity contribution in [1.29, 1.82) is 0 Å². The number of hydrogen-bond acceptors (Lipinski definition) is 6. The number of aryl methyl sites for hydroxylation is 1. The third-order valence-electron chi connectivity index (χ3n) is 10.1. The molecule has 3 atom stereocenters. The molecule has 0 saturated carbocycles. The van der Waals surface area contributed by atoms with Crippen molar-refractivity contribution in [3.8, 4) is 22.3 Å². The molecule has 0 aliphatic carbocycles. The number of imidazole rings is 1. The van der Waals surface area contributed by atoms with Crippen LogP contribution in [0.4, 0.5) is 15.3 Å². The quantitative estimate of drug-likeness (QED) is 0.215. The predicted molar refractivity (Wildman–Crippen MR) is 198 cm³/mol. The smallest absolute Gasteiger partial charge is 0.410 e. The van der Waals surface area contributed by atoms with E-state index in [9.17, 15) is 9.59 Å². The number of ether oxygens (including phenoxy) is 2. The van der Waals surface area contributed by atoms with E-state index in [0.29, 0.717) is 13.1 Å². The van der Waals surface area contributed by atoms with Gasteiger partial charge in [0.1, 0.15) is 17.0 Å². The fraction of sp³-hybridized carbons (Fsp3) is 0.463. The molecule has 9 heteroatoms. The average Bonchev–Trinajstić information content (AvgIpc) is 3.85. The fourth-order valence-electron chi connectivity index (χ4n) is 7.68. The minimum absolute atomic E-state index is 0.0374. The summed E-state index contributed by atoms with van der Waals surface area (Å²) in [6.45, 7) is 15.0. The van der Waals surface area contributed by atoms with E-state index in [2.05, 4.69) is 72.2 Å². The predicted octanol–water partition coefficient (Wildman–Crippen LogP) is 9.57. The number of benzene rings is 3. The Bertz CT molecular complexity index is 1980. The second kappa shape index (κ2) is 12.6. The Labute approximate surface area is 295 Å². The fourth-order valence-corrected chi connectivity index (χ4v) is 7.68. The van der Waals surface area contributed by atoms with Gasteiger partial charge in [0.05, 0.1) is 28.8 Å². The number of nitrogens with zero attached hydrogens (tertiary/aromatic N) is 5. The van der Waals surface area contributed by atoms with E-state index in [4.69, 9.17) is 19.5 Å². The van der Waals surface area contributed by atoms with Crippen molar-refractivity contribution in [2.24, 2.45) is 12.0 Å². The zero-order chi connectivity index (χ0) is 35.5. The van der Waals surface area contributed by atoms with Gasteiger partial charge in [0.25, 0.3) is 0 Å².